The minimum absolute atomic E-state index is 0. The molecule has 4 atom stereocenters. The van der Waals surface area contributed by atoms with E-state index in [1.54, 1.807) is 12.1 Å². The minimum Gasteiger partial charge on any atom is -0.460 e. The van der Waals surface area contributed by atoms with Gasteiger partial charge in [-0.15, -0.1) is 12.4 Å². The molecule has 2 saturated heterocycles. The molecule has 1 aromatic carbocycles. The number of aliphatic hydroxyl groups is 1. The van der Waals surface area contributed by atoms with E-state index >= 15 is 0 Å². The van der Waals surface area contributed by atoms with Crippen LogP contribution in [0.25, 0.3) is 0 Å². The van der Waals surface area contributed by atoms with Crippen molar-refractivity contribution in [1.29, 1.82) is 0 Å². The number of hydrogen-bond donors (Lipinski definition) is 1. The fourth-order valence-corrected chi connectivity index (χ4v) is 3.46. The smallest absolute Gasteiger partial charge is 0.339 e. The van der Waals surface area contributed by atoms with Crippen LogP contribution in [0.15, 0.2) is 30.3 Å². The Morgan fingerprint density at radius 2 is 1.81 bits per heavy atom. The maximum Gasteiger partial charge on any atom is 0.339 e. The lowest BCUT2D eigenvalue weighted by molar-refractivity contribution is -0.162. The van der Waals surface area contributed by atoms with Crippen molar-refractivity contribution in [3.8, 4) is 0 Å². The molecule has 0 aliphatic carbocycles. The number of halogens is 1. The fraction of sp³-hybridized carbons (Fsp3) is 0.562. The average Bonchev–Trinajstić information content (AvgIpc) is 2.69. The van der Waals surface area contributed by atoms with Crippen LogP contribution in [-0.2, 0) is 9.53 Å². The molecule has 4 nitrogen and oxygen atoms in total. The molecule has 2 fully saturated rings. The molecule has 0 aromatic heterocycles. The van der Waals surface area contributed by atoms with Gasteiger partial charge in [-0.1, -0.05) is 30.3 Å². The molecule has 2 aliphatic rings. The number of carbonyl (C=O) groups is 1. The summed E-state index contributed by atoms with van der Waals surface area (Å²) < 4.78 is 5.52. The molecule has 2 bridgehead atoms. The van der Waals surface area contributed by atoms with Gasteiger partial charge in [0.2, 0.25) is 0 Å². The zero-order valence-corrected chi connectivity index (χ0v) is 13.0. The molecule has 1 N–H and O–H groups in total. The van der Waals surface area contributed by atoms with Crippen LogP contribution in [0.4, 0.5) is 0 Å². The van der Waals surface area contributed by atoms with Crippen LogP contribution in [0.5, 0.6) is 0 Å². The van der Waals surface area contributed by atoms with Crippen LogP contribution in [0.3, 0.4) is 0 Å². The van der Waals surface area contributed by atoms with Crippen LogP contribution in [-0.4, -0.2) is 41.2 Å². The van der Waals surface area contributed by atoms with E-state index in [1.807, 2.05) is 18.2 Å². The van der Waals surface area contributed by atoms with Gasteiger partial charge in [0.25, 0.3) is 0 Å². The van der Waals surface area contributed by atoms with E-state index in [4.69, 9.17) is 4.74 Å². The Morgan fingerprint density at radius 3 is 2.38 bits per heavy atom. The van der Waals surface area contributed by atoms with Gasteiger partial charge in [-0.2, -0.15) is 0 Å². The first kappa shape index (κ1) is 16.3. The van der Waals surface area contributed by atoms with Crippen molar-refractivity contribution in [2.75, 3.05) is 7.05 Å². The van der Waals surface area contributed by atoms with Crippen molar-refractivity contribution in [3.63, 3.8) is 0 Å². The second-order valence-electron chi connectivity index (χ2n) is 5.89. The van der Waals surface area contributed by atoms with E-state index in [1.165, 1.54) is 12.8 Å². The predicted molar refractivity (Wildman–Crippen MR) is 82.3 cm³/mol. The Balaban J connectivity index is 0.00000161. The number of nitrogens with zero attached hydrogens (tertiary/aromatic N) is 1. The second-order valence-corrected chi connectivity index (χ2v) is 5.89. The van der Waals surface area contributed by atoms with E-state index in [0.29, 0.717) is 17.6 Å². The maximum absolute atomic E-state index is 12.0. The predicted octanol–water partition coefficient (Wildman–Crippen LogP) is 2.31. The van der Waals surface area contributed by atoms with Gasteiger partial charge < -0.3 is 14.7 Å². The number of benzene rings is 1. The van der Waals surface area contributed by atoms with E-state index in [0.717, 1.165) is 12.8 Å². The summed E-state index contributed by atoms with van der Waals surface area (Å²) in [4.78, 5) is 14.4. The van der Waals surface area contributed by atoms with Gasteiger partial charge in [0.05, 0.1) is 0 Å². The van der Waals surface area contributed by atoms with Crippen LogP contribution in [0.2, 0.25) is 0 Å². The average molecular weight is 312 g/mol. The highest BCUT2D eigenvalue weighted by molar-refractivity contribution is 5.85. The van der Waals surface area contributed by atoms with Gasteiger partial charge >= 0.3 is 5.97 Å². The van der Waals surface area contributed by atoms with Crippen molar-refractivity contribution in [1.82, 2.24) is 4.90 Å². The van der Waals surface area contributed by atoms with Crippen molar-refractivity contribution in [2.45, 2.75) is 50.0 Å². The van der Waals surface area contributed by atoms with Crippen molar-refractivity contribution >= 4 is 18.4 Å². The largest absolute Gasteiger partial charge is 0.460 e. The van der Waals surface area contributed by atoms with E-state index in [2.05, 4.69) is 11.9 Å². The number of hydrogen-bond acceptors (Lipinski definition) is 4. The lowest BCUT2D eigenvalue weighted by Crippen LogP contribution is -2.43. The third kappa shape index (κ3) is 3.39. The fourth-order valence-electron chi connectivity index (χ4n) is 3.46. The summed E-state index contributed by atoms with van der Waals surface area (Å²) in [5.74, 6) is -0.523. The zero-order chi connectivity index (χ0) is 14.1. The van der Waals surface area contributed by atoms with Crippen LogP contribution >= 0.6 is 12.4 Å². The molecule has 0 spiro atoms. The standard InChI is InChI=1S/C16H21NO3.ClH/c1-17-12-7-8-13(17)10-14(9-12)20-16(19)15(18)11-5-3-2-4-6-11;/h2-6,12-15,18H,7-10H2,1H3;1H/t12-,13+,14?,15?;. The summed E-state index contributed by atoms with van der Waals surface area (Å²) in [6.45, 7) is 0. The number of rotatable bonds is 3. The lowest BCUT2D eigenvalue weighted by atomic mass is 10.0. The Kier molecular flexibility index (Phi) is 5.25. The van der Waals surface area contributed by atoms with Crippen molar-refractivity contribution in [3.05, 3.63) is 35.9 Å². The molecule has 21 heavy (non-hydrogen) atoms. The third-order valence-corrected chi connectivity index (χ3v) is 4.68. The van der Waals surface area contributed by atoms with Gasteiger partial charge in [0.1, 0.15) is 6.10 Å². The van der Waals surface area contributed by atoms with Crippen LogP contribution in [0, 0.1) is 0 Å². The van der Waals surface area contributed by atoms with Gasteiger partial charge in [0.15, 0.2) is 6.10 Å². The van der Waals surface area contributed by atoms with Crippen molar-refractivity contribution < 1.29 is 14.6 Å². The molecule has 0 saturated carbocycles. The maximum atomic E-state index is 12.0. The normalized spacial score (nSPS) is 29.5. The van der Waals surface area contributed by atoms with E-state index < -0.39 is 12.1 Å². The first-order valence-electron chi connectivity index (χ1n) is 7.30. The Morgan fingerprint density at radius 1 is 1.24 bits per heavy atom. The van der Waals surface area contributed by atoms with Crippen molar-refractivity contribution in [2.24, 2.45) is 0 Å². The lowest BCUT2D eigenvalue weighted by Gasteiger charge is -2.36. The van der Waals surface area contributed by atoms with Gasteiger partial charge in [-0.25, -0.2) is 4.79 Å². The molecule has 2 unspecified atom stereocenters. The highest BCUT2D eigenvalue weighted by Crippen LogP contribution is 2.35. The summed E-state index contributed by atoms with van der Waals surface area (Å²) in [6, 6.07) is 10.0. The first-order valence-corrected chi connectivity index (χ1v) is 7.30. The molecule has 2 heterocycles. The molecule has 3 rings (SSSR count). The van der Waals surface area contributed by atoms with Gasteiger partial charge in [-0.3, -0.25) is 0 Å². The molecule has 116 valence electrons. The highest BCUT2D eigenvalue weighted by atomic mass is 35.5. The monoisotopic (exact) mass is 311 g/mol. The summed E-state index contributed by atoms with van der Waals surface area (Å²) in [5.41, 5.74) is 0.591. The summed E-state index contributed by atoms with van der Waals surface area (Å²) in [5, 5.41) is 10.0. The zero-order valence-electron chi connectivity index (χ0n) is 12.1. The summed E-state index contributed by atoms with van der Waals surface area (Å²) >= 11 is 0. The molecular formula is C16H22ClNO3. The SMILES string of the molecule is CN1[C@@H]2CC[C@H]1CC(OC(=O)C(O)c1ccccc1)C2.Cl. The first-order chi connectivity index (χ1) is 9.65. The number of esters is 1. The summed E-state index contributed by atoms with van der Waals surface area (Å²) in [6.07, 6.45) is 2.94. The van der Waals surface area contributed by atoms with E-state index in [9.17, 15) is 9.90 Å². The number of piperidine rings is 1. The van der Waals surface area contributed by atoms with E-state index in [-0.39, 0.29) is 18.5 Å². The topological polar surface area (TPSA) is 49.8 Å². The third-order valence-electron chi connectivity index (χ3n) is 4.68. The molecule has 5 heteroatoms. The quantitative estimate of drug-likeness (QED) is 0.870. The highest BCUT2D eigenvalue weighted by Gasteiger charge is 2.40. The second kappa shape index (κ2) is 6.77. The number of ether oxygens (including phenoxy) is 1. The molecular weight excluding hydrogens is 290 g/mol. The number of fused-ring (bicyclic) bond motifs is 2. The Bertz CT molecular complexity index is 468. The Labute approximate surface area is 131 Å². The van der Waals surface area contributed by atoms with Crippen LogP contribution < -0.4 is 0 Å². The molecule has 0 radical (unpaired) electrons. The molecule has 0 amide bonds. The number of aliphatic hydroxyl groups excluding tert-OH is 1. The number of carbonyl (C=O) groups excluding carboxylic acids is 1. The summed E-state index contributed by atoms with van der Waals surface area (Å²) in [7, 11) is 2.15. The van der Waals surface area contributed by atoms with Gasteiger partial charge in [0, 0.05) is 12.1 Å². The minimum atomic E-state index is -1.17. The molecule has 1 aromatic rings. The Hall–Kier alpha value is -1.10. The van der Waals surface area contributed by atoms with Crippen LogP contribution in [0.1, 0.15) is 37.4 Å². The van der Waals surface area contributed by atoms with Gasteiger partial charge in [-0.05, 0) is 38.3 Å². The molecule has 2 aliphatic heterocycles.